The van der Waals surface area contributed by atoms with Crippen molar-refractivity contribution < 1.29 is 4.92 Å². The van der Waals surface area contributed by atoms with E-state index in [1.807, 2.05) is 22.6 Å². The van der Waals surface area contributed by atoms with Crippen LogP contribution in [0.5, 0.6) is 0 Å². The highest BCUT2D eigenvalue weighted by molar-refractivity contribution is 14.1. The van der Waals surface area contributed by atoms with Crippen LogP contribution in [-0.4, -0.2) is 4.92 Å². The summed E-state index contributed by atoms with van der Waals surface area (Å²) in [6, 6.07) is 7.69. The molecule has 5 nitrogen and oxygen atoms in total. The summed E-state index contributed by atoms with van der Waals surface area (Å²) in [5, 5.41) is 27.6. The molecule has 0 saturated heterocycles. The predicted octanol–water partition coefficient (Wildman–Crippen LogP) is 2.63. The molecule has 0 unspecified atom stereocenters. The first kappa shape index (κ1) is 12.1. The van der Waals surface area contributed by atoms with E-state index in [1.165, 1.54) is 24.3 Å². The Labute approximate surface area is 105 Å². The minimum absolute atomic E-state index is 0.0167. The average molecular weight is 325 g/mol. The Bertz CT molecular complexity index is 536. The lowest BCUT2D eigenvalue weighted by Gasteiger charge is -1.98. The van der Waals surface area contributed by atoms with E-state index in [9.17, 15) is 10.1 Å². The van der Waals surface area contributed by atoms with Gasteiger partial charge in [0.2, 0.25) is 0 Å². The summed E-state index contributed by atoms with van der Waals surface area (Å²) in [4.78, 5) is 9.99. The molecular weight excluding hydrogens is 321 g/mol. The summed E-state index contributed by atoms with van der Waals surface area (Å²) in [6.45, 7) is 0. The number of halogens is 1. The predicted molar refractivity (Wildman–Crippen MR) is 65.0 cm³/mol. The summed E-state index contributed by atoms with van der Waals surface area (Å²) in [7, 11) is 0. The van der Waals surface area contributed by atoms with Crippen molar-refractivity contribution in [2.24, 2.45) is 0 Å². The van der Waals surface area contributed by atoms with E-state index in [0.29, 0.717) is 9.13 Å². The monoisotopic (exact) mass is 325 g/mol. The second-order valence-electron chi connectivity index (χ2n) is 2.74. The van der Waals surface area contributed by atoms with Crippen molar-refractivity contribution in [3.8, 4) is 12.1 Å². The van der Waals surface area contributed by atoms with Gasteiger partial charge in [-0.25, -0.2) is 0 Å². The Morgan fingerprint density at radius 2 is 2.06 bits per heavy atom. The van der Waals surface area contributed by atoms with Crippen molar-refractivity contribution in [3.63, 3.8) is 0 Å². The molecule has 6 heteroatoms. The van der Waals surface area contributed by atoms with Gasteiger partial charge in [-0.15, -0.1) is 0 Å². The van der Waals surface area contributed by atoms with E-state index in [1.54, 1.807) is 12.1 Å². The number of nitro benzene ring substituents is 1. The first-order valence-electron chi connectivity index (χ1n) is 4.04. The number of nitriles is 2. The van der Waals surface area contributed by atoms with Gasteiger partial charge in [0, 0.05) is 15.7 Å². The highest BCUT2D eigenvalue weighted by Gasteiger charge is 2.08. The number of benzene rings is 1. The number of allylic oxidation sites excluding steroid dienone is 1. The molecule has 0 aliphatic carbocycles. The van der Waals surface area contributed by atoms with E-state index in [-0.39, 0.29) is 11.3 Å². The second kappa shape index (κ2) is 5.24. The lowest BCUT2D eigenvalue weighted by atomic mass is 10.1. The number of rotatable bonds is 2. The number of non-ortho nitro benzene ring substituents is 1. The van der Waals surface area contributed by atoms with Gasteiger partial charge in [0.05, 0.1) is 4.92 Å². The molecule has 0 N–H and O–H groups in total. The molecule has 0 aromatic heterocycles. The van der Waals surface area contributed by atoms with Crippen LogP contribution in [0.25, 0.3) is 6.08 Å². The van der Waals surface area contributed by atoms with E-state index in [4.69, 9.17) is 10.5 Å². The fourth-order valence-corrected chi connectivity index (χ4v) is 1.65. The largest absolute Gasteiger partial charge is 0.270 e. The highest BCUT2D eigenvalue weighted by atomic mass is 127. The SMILES string of the molecule is N#CC(C#N)=Cc1ccc([N+](=O)[O-])cc1I. The third-order valence-electron chi connectivity index (χ3n) is 1.74. The van der Waals surface area contributed by atoms with Crippen molar-refractivity contribution in [3.05, 3.63) is 43.0 Å². The number of nitro groups is 1. The van der Waals surface area contributed by atoms with Crippen LogP contribution >= 0.6 is 22.6 Å². The molecular formula is C10H4IN3O2. The molecule has 0 aliphatic heterocycles. The molecule has 0 fully saturated rings. The standard InChI is InChI=1S/C10H4IN3O2/c11-10-4-9(14(15)16)2-1-8(10)3-7(5-12)6-13/h1-4H. The van der Waals surface area contributed by atoms with Crippen molar-refractivity contribution in [2.75, 3.05) is 0 Å². The van der Waals surface area contributed by atoms with Gasteiger partial charge in [0.1, 0.15) is 17.7 Å². The van der Waals surface area contributed by atoms with Gasteiger partial charge in [-0.1, -0.05) is 0 Å². The molecule has 16 heavy (non-hydrogen) atoms. The van der Waals surface area contributed by atoms with Crippen LogP contribution in [0.2, 0.25) is 0 Å². The molecule has 0 aliphatic rings. The van der Waals surface area contributed by atoms with Gasteiger partial charge < -0.3 is 0 Å². The Kier molecular flexibility index (Phi) is 3.97. The van der Waals surface area contributed by atoms with E-state index in [2.05, 4.69) is 0 Å². The van der Waals surface area contributed by atoms with Gasteiger partial charge in [-0.2, -0.15) is 10.5 Å². The van der Waals surface area contributed by atoms with Crippen LogP contribution in [0.4, 0.5) is 5.69 Å². The molecule has 0 saturated carbocycles. The number of hydrogen-bond acceptors (Lipinski definition) is 4. The maximum atomic E-state index is 10.5. The van der Waals surface area contributed by atoms with Crippen molar-refractivity contribution in [1.82, 2.24) is 0 Å². The summed E-state index contributed by atoms with van der Waals surface area (Å²) in [6.07, 6.45) is 1.39. The molecule has 0 radical (unpaired) electrons. The van der Waals surface area contributed by atoms with Crippen LogP contribution in [-0.2, 0) is 0 Å². The van der Waals surface area contributed by atoms with Crippen LogP contribution < -0.4 is 0 Å². The minimum atomic E-state index is -0.495. The van der Waals surface area contributed by atoms with Crippen molar-refractivity contribution in [1.29, 1.82) is 10.5 Å². The second-order valence-corrected chi connectivity index (χ2v) is 3.91. The molecule has 0 heterocycles. The fraction of sp³-hybridized carbons (Fsp3) is 0. The fourth-order valence-electron chi connectivity index (χ4n) is 0.992. The summed E-state index contributed by atoms with van der Waals surface area (Å²) in [5.41, 5.74) is 0.563. The van der Waals surface area contributed by atoms with Crippen molar-refractivity contribution >= 4 is 34.4 Å². The van der Waals surface area contributed by atoms with Gasteiger partial charge in [0.15, 0.2) is 0 Å². The van der Waals surface area contributed by atoms with E-state index >= 15 is 0 Å². The first-order chi connectivity index (χ1) is 7.58. The number of hydrogen-bond donors (Lipinski definition) is 0. The number of nitrogens with zero attached hydrogens (tertiary/aromatic N) is 3. The zero-order valence-corrected chi connectivity index (χ0v) is 10.0. The molecule has 1 aromatic carbocycles. The zero-order chi connectivity index (χ0) is 12.1. The lowest BCUT2D eigenvalue weighted by molar-refractivity contribution is -0.384. The molecule has 0 atom stereocenters. The Balaban J connectivity index is 3.21. The maximum absolute atomic E-state index is 10.5. The molecule has 78 valence electrons. The van der Waals surface area contributed by atoms with Gasteiger partial charge in [0.25, 0.3) is 5.69 Å². The van der Waals surface area contributed by atoms with E-state index in [0.717, 1.165) is 0 Å². The Morgan fingerprint density at radius 1 is 1.44 bits per heavy atom. The maximum Gasteiger partial charge on any atom is 0.270 e. The van der Waals surface area contributed by atoms with Crippen LogP contribution in [0.1, 0.15) is 5.56 Å². The topological polar surface area (TPSA) is 90.7 Å². The summed E-state index contributed by atoms with van der Waals surface area (Å²) in [5.74, 6) is 0. The highest BCUT2D eigenvalue weighted by Crippen LogP contribution is 2.21. The van der Waals surface area contributed by atoms with Gasteiger partial charge in [-0.3, -0.25) is 10.1 Å². The van der Waals surface area contributed by atoms with Crippen LogP contribution in [0, 0.1) is 36.3 Å². The lowest BCUT2D eigenvalue weighted by Crippen LogP contribution is -1.90. The normalized spacial score (nSPS) is 8.69. The zero-order valence-electron chi connectivity index (χ0n) is 7.85. The Hall–Kier alpha value is -1.93. The quantitative estimate of drug-likeness (QED) is 0.362. The molecule has 0 bridgehead atoms. The van der Waals surface area contributed by atoms with E-state index < -0.39 is 4.92 Å². The molecule has 0 amide bonds. The van der Waals surface area contributed by atoms with Crippen molar-refractivity contribution in [2.45, 2.75) is 0 Å². The summed E-state index contributed by atoms with van der Waals surface area (Å²) < 4.78 is 0.620. The minimum Gasteiger partial charge on any atom is -0.258 e. The van der Waals surface area contributed by atoms with Crippen LogP contribution in [0.15, 0.2) is 23.8 Å². The summed E-state index contributed by atoms with van der Waals surface area (Å²) >= 11 is 1.92. The Morgan fingerprint density at radius 3 is 2.50 bits per heavy atom. The van der Waals surface area contributed by atoms with Gasteiger partial charge in [-0.05, 0) is 40.3 Å². The third-order valence-corrected chi connectivity index (χ3v) is 2.67. The molecule has 0 spiro atoms. The van der Waals surface area contributed by atoms with Gasteiger partial charge >= 0.3 is 0 Å². The van der Waals surface area contributed by atoms with Crippen LogP contribution in [0.3, 0.4) is 0 Å². The smallest absolute Gasteiger partial charge is 0.258 e. The average Bonchev–Trinajstić information content (AvgIpc) is 2.27. The molecule has 1 aromatic rings. The first-order valence-corrected chi connectivity index (χ1v) is 5.12. The molecule has 1 rings (SSSR count). The third kappa shape index (κ3) is 2.78.